The van der Waals surface area contributed by atoms with Crippen LogP contribution in [0.4, 0.5) is 0 Å². The molecule has 1 aromatic rings. The molecule has 0 aliphatic rings. The van der Waals surface area contributed by atoms with Crippen molar-refractivity contribution < 1.29 is 4.79 Å². The summed E-state index contributed by atoms with van der Waals surface area (Å²) in [5.41, 5.74) is 0.766. The molecule has 0 saturated carbocycles. The van der Waals surface area contributed by atoms with Crippen LogP contribution in [0.2, 0.25) is 0 Å². The molecule has 0 fully saturated rings. The van der Waals surface area contributed by atoms with E-state index >= 15 is 0 Å². The van der Waals surface area contributed by atoms with Crippen LogP contribution in [0.1, 0.15) is 5.56 Å². The highest BCUT2D eigenvalue weighted by Crippen LogP contribution is 2.04. The first-order valence-electron chi connectivity index (χ1n) is 4.69. The number of nitrogens with one attached hydrogen (secondary N) is 1. The number of carbonyl (C=O) groups excluding carboxylic acids is 1. The first-order valence-corrected chi connectivity index (χ1v) is 4.69. The van der Waals surface area contributed by atoms with E-state index in [-0.39, 0.29) is 5.57 Å². The summed E-state index contributed by atoms with van der Waals surface area (Å²) in [4.78, 5) is 15.4. The van der Waals surface area contributed by atoms with Crippen LogP contribution >= 0.6 is 0 Å². The van der Waals surface area contributed by atoms with Crippen molar-refractivity contribution in [3.63, 3.8) is 0 Å². The van der Waals surface area contributed by atoms with Crippen LogP contribution in [-0.2, 0) is 4.79 Å². The molecule has 0 aromatic carbocycles. The number of carbonyl (C=O) groups is 1. The van der Waals surface area contributed by atoms with Gasteiger partial charge in [-0.3, -0.25) is 9.78 Å². The molecule has 0 bridgehead atoms. The maximum atomic E-state index is 11.5. The summed E-state index contributed by atoms with van der Waals surface area (Å²) >= 11 is 0. The van der Waals surface area contributed by atoms with Gasteiger partial charge in [-0.2, -0.15) is 5.26 Å². The highest BCUT2D eigenvalue weighted by molar-refractivity contribution is 6.01. The van der Waals surface area contributed by atoms with Gasteiger partial charge in [0.2, 0.25) is 0 Å². The van der Waals surface area contributed by atoms with Crippen LogP contribution in [-0.4, -0.2) is 17.4 Å². The molecular formula is C12H11N3O. The smallest absolute Gasteiger partial charge is 0.262 e. The monoisotopic (exact) mass is 213 g/mol. The first kappa shape index (κ1) is 11.7. The van der Waals surface area contributed by atoms with Crippen molar-refractivity contribution >= 4 is 12.0 Å². The van der Waals surface area contributed by atoms with Crippen LogP contribution < -0.4 is 5.32 Å². The summed E-state index contributed by atoms with van der Waals surface area (Å²) in [6.07, 6.45) is 6.25. The zero-order valence-corrected chi connectivity index (χ0v) is 8.68. The molecule has 0 atom stereocenters. The molecule has 1 rings (SSSR count). The van der Waals surface area contributed by atoms with Gasteiger partial charge in [-0.05, 0) is 17.7 Å². The van der Waals surface area contributed by atoms with Gasteiger partial charge in [0.05, 0.1) is 0 Å². The third kappa shape index (κ3) is 3.39. The van der Waals surface area contributed by atoms with Crippen LogP contribution in [0.25, 0.3) is 6.08 Å². The number of aromatic nitrogens is 1. The number of nitrogens with zero attached hydrogens (tertiary/aromatic N) is 2. The lowest BCUT2D eigenvalue weighted by Gasteiger charge is -1.99. The minimum atomic E-state index is -0.411. The van der Waals surface area contributed by atoms with E-state index in [1.165, 1.54) is 6.08 Å². The third-order valence-corrected chi connectivity index (χ3v) is 1.77. The molecule has 0 aliphatic carbocycles. The fourth-order valence-electron chi connectivity index (χ4n) is 1.04. The molecule has 16 heavy (non-hydrogen) atoms. The van der Waals surface area contributed by atoms with Crippen molar-refractivity contribution in [2.75, 3.05) is 6.54 Å². The predicted octanol–water partition coefficient (Wildman–Crippen LogP) is 1.29. The Balaban J connectivity index is 2.83. The lowest BCUT2D eigenvalue weighted by molar-refractivity contribution is -0.116. The number of rotatable bonds is 4. The second-order valence-electron chi connectivity index (χ2n) is 2.95. The largest absolute Gasteiger partial charge is 0.348 e. The second kappa shape index (κ2) is 6.14. The SMILES string of the molecule is C=CCNC(=O)/C(C#N)=C\c1cccnc1. The number of hydrogen-bond donors (Lipinski definition) is 1. The molecule has 80 valence electrons. The molecule has 0 spiro atoms. The summed E-state index contributed by atoms with van der Waals surface area (Å²) in [7, 11) is 0. The second-order valence-corrected chi connectivity index (χ2v) is 2.95. The van der Waals surface area contributed by atoms with Crippen molar-refractivity contribution in [3.05, 3.63) is 48.3 Å². The molecule has 1 amide bonds. The minimum absolute atomic E-state index is 0.0508. The maximum Gasteiger partial charge on any atom is 0.262 e. The van der Waals surface area contributed by atoms with Gasteiger partial charge < -0.3 is 5.32 Å². The molecule has 0 aliphatic heterocycles. The van der Waals surface area contributed by atoms with E-state index in [2.05, 4.69) is 16.9 Å². The normalized spacial score (nSPS) is 10.3. The Labute approximate surface area is 93.9 Å². The summed E-state index contributed by atoms with van der Waals surface area (Å²) < 4.78 is 0. The van der Waals surface area contributed by atoms with E-state index in [4.69, 9.17) is 5.26 Å². The van der Waals surface area contributed by atoms with Gasteiger partial charge in [0.25, 0.3) is 5.91 Å². The molecule has 0 unspecified atom stereocenters. The van der Waals surface area contributed by atoms with E-state index in [0.29, 0.717) is 12.1 Å². The van der Waals surface area contributed by atoms with Crippen LogP contribution in [0, 0.1) is 11.3 Å². The van der Waals surface area contributed by atoms with Crippen LogP contribution in [0.15, 0.2) is 42.8 Å². The number of amides is 1. The zero-order valence-electron chi connectivity index (χ0n) is 8.68. The highest BCUT2D eigenvalue weighted by atomic mass is 16.1. The molecule has 4 heteroatoms. The summed E-state index contributed by atoms with van der Waals surface area (Å²) in [5, 5.41) is 11.4. The summed E-state index contributed by atoms with van der Waals surface area (Å²) in [5.74, 6) is -0.411. The van der Waals surface area contributed by atoms with Gasteiger partial charge in [-0.25, -0.2) is 0 Å². The Morgan fingerprint density at radius 1 is 1.69 bits per heavy atom. The zero-order chi connectivity index (χ0) is 11.8. The van der Waals surface area contributed by atoms with Crippen LogP contribution in [0.5, 0.6) is 0 Å². The fourth-order valence-corrected chi connectivity index (χ4v) is 1.04. The van der Waals surface area contributed by atoms with Crippen molar-refractivity contribution in [3.8, 4) is 6.07 Å². The van der Waals surface area contributed by atoms with E-state index in [0.717, 1.165) is 0 Å². The van der Waals surface area contributed by atoms with E-state index in [9.17, 15) is 4.79 Å². The topological polar surface area (TPSA) is 65.8 Å². The number of pyridine rings is 1. The average molecular weight is 213 g/mol. The van der Waals surface area contributed by atoms with Crippen molar-refractivity contribution in [2.45, 2.75) is 0 Å². The quantitative estimate of drug-likeness (QED) is 0.465. The Morgan fingerprint density at radius 2 is 2.50 bits per heavy atom. The third-order valence-electron chi connectivity index (χ3n) is 1.77. The van der Waals surface area contributed by atoms with Gasteiger partial charge in [0, 0.05) is 18.9 Å². The van der Waals surface area contributed by atoms with Gasteiger partial charge in [-0.15, -0.1) is 6.58 Å². The molecule has 1 aromatic heterocycles. The summed E-state index contributed by atoms with van der Waals surface area (Å²) in [6.45, 7) is 3.81. The van der Waals surface area contributed by atoms with Crippen molar-refractivity contribution in [1.29, 1.82) is 5.26 Å². The van der Waals surface area contributed by atoms with E-state index in [1.54, 1.807) is 30.6 Å². The van der Waals surface area contributed by atoms with E-state index in [1.807, 2.05) is 6.07 Å². The van der Waals surface area contributed by atoms with Crippen molar-refractivity contribution in [1.82, 2.24) is 10.3 Å². The molecule has 4 nitrogen and oxygen atoms in total. The Bertz CT molecular complexity index is 443. The standard InChI is InChI=1S/C12H11N3O/c1-2-5-15-12(16)11(8-13)7-10-4-3-6-14-9-10/h2-4,6-7,9H,1,5H2,(H,15,16)/b11-7-. The molecule has 0 radical (unpaired) electrons. The number of nitriles is 1. The minimum Gasteiger partial charge on any atom is -0.348 e. The van der Waals surface area contributed by atoms with Gasteiger partial charge in [0.1, 0.15) is 11.6 Å². The lowest BCUT2D eigenvalue weighted by atomic mass is 10.2. The van der Waals surface area contributed by atoms with Gasteiger partial charge in [0.15, 0.2) is 0 Å². The lowest BCUT2D eigenvalue weighted by Crippen LogP contribution is -2.24. The predicted molar refractivity (Wildman–Crippen MR) is 61.0 cm³/mol. The Kier molecular flexibility index (Phi) is 4.48. The molecule has 1 heterocycles. The molecule has 0 saturated heterocycles. The molecule has 1 N–H and O–H groups in total. The summed E-state index contributed by atoms with van der Waals surface area (Å²) in [6, 6.07) is 5.35. The van der Waals surface area contributed by atoms with Gasteiger partial charge in [-0.1, -0.05) is 12.1 Å². The van der Waals surface area contributed by atoms with Crippen molar-refractivity contribution in [2.24, 2.45) is 0 Å². The average Bonchev–Trinajstić information content (AvgIpc) is 2.34. The van der Waals surface area contributed by atoms with E-state index < -0.39 is 5.91 Å². The van der Waals surface area contributed by atoms with Gasteiger partial charge >= 0.3 is 0 Å². The Hall–Kier alpha value is -2.41. The number of hydrogen-bond acceptors (Lipinski definition) is 3. The fraction of sp³-hybridized carbons (Fsp3) is 0.0833. The first-order chi connectivity index (χ1) is 7.77. The van der Waals surface area contributed by atoms with Crippen LogP contribution in [0.3, 0.4) is 0 Å². The highest BCUT2D eigenvalue weighted by Gasteiger charge is 2.06. The Morgan fingerprint density at radius 3 is 3.06 bits per heavy atom. The maximum absolute atomic E-state index is 11.5. The molecular weight excluding hydrogens is 202 g/mol.